The zero-order valence-corrected chi connectivity index (χ0v) is 12.2. The predicted octanol–water partition coefficient (Wildman–Crippen LogP) is 1.37. The Morgan fingerprint density at radius 1 is 1.28 bits per heavy atom. The molecule has 0 aromatic heterocycles. The van der Waals surface area contributed by atoms with Crippen LogP contribution in [-0.2, 0) is 4.79 Å². The van der Waals surface area contributed by atoms with Gasteiger partial charge in [0.05, 0.1) is 0 Å². The molecule has 1 fully saturated rings. The summed E-state index contributed by atoms with van der Waals surface area (Å²) in [6.07, 6.45) is 5.35. The standard InChI is InChI=1S/C14H29N3O/c1-12(2)17(3)11-5-4-9-15-10-8-14(18)16-13-6-7-13/h12-13,15H,4-11H2,1-3H3,(H,16,18). The van der Waals surface area contributed by atoms with Crippen molar-refractivity contribution in [2.75, 3.05) is 26.7 Å². The topological polar surface area (TPSA) is 44.4 Å². The lowest BCUT2D eigenvalue weighted by atomic mass is 10.2. The van der Waals surface area contributed by atoms with Crippen molar-refractivity contribution < 1.29 is 4.79 Å². The Bertz CT molecular complexity index is 239. The molecule has 0 radical (unpaired) electrons. The SMILES string of the molecule is CC(C)N(C)CCCCNCCC(=O)NC1CC1. The second kappa shape index (κ2) is 8.48. The smallest absolute Gasteiger partial charge is 0.221 e. The molecular weight excluding hydrogens is 226 g/mol. The van der Waals surface area contributed by atoms with Crippen LogP contribution in [0.25, 0.3) is 0 Å². The summed E-state index contributed by atoms with van der Waals surface area (Å²) in [5, 5.41) is 6.33. The molecule has 4 nitrogen and oxygen atoms in total. The first-order valence-electron chi connectivity index (χ1n) is 7.30. The summed E-state index contributed by atoms with van der Waals surface area (Å²) in [6, 6.07) is 1.12. The van der Waals surface area contributed by atoms with Crippen LogP contribution in [-0.4, -0.2) is 49.6 Å². The molecule has 0 saturated heterocycles. The van der Waals surface area contributed by atoms with E-state index in [9.17, 15) is 4.79 Å². The van der Waals surface area contributed by atoms with Gasteiger partial charge in [-0.2, -0.15) is 0 Å². The maximum Gasteiger partial charge on any atom is 0.221 e. The van der Waals surface area contributed by atoms with Gasteiger partial charge in [-0.25, -0.2) is 0 Å². The van der Waals surface area contributed by atoms with Gasteiger partial charge in [-0.1, -0.05) is 0 Å². The number of nitrogens with zero attached hydrogens (tertiary/aromatic N) is 1. The highest BCUT2D eigenvalue weighted by molar-refractivity contribution is 5.76. The molecule has 0 aliphatic heterocycles. The summed E-state index contributed by atoms with van der Waals surface area (Å²) < 4.78 is 0. The first kappa shape index (κ1) is 15.4. The molecule has 1 amide bonds. The third-order valence-electron chi connectivity index (χ3n) is 3.47. The molecule has 0 aromatic carbocycles. The van der Waals surface area contributed by atoms with Crippen molar-refractivity contribution in [1.29, 1.82) is 0 Å². The van der Waals surface area contributed by atoms with Crippen LogP contribution in [0.1, 0.15) is 46.0 Å². The molecule has 1 rings (SSSR count). The van der Waals surface area contributed by atoms with Crippen LogP contribution in [0.2, 0.25) is 0 Å². The van der Waals surface area contributed by atoms with E-state index in [-0.39, 0.29) is 5.91 Å². The molecule has 1 saturated carbocycles. The van der Waals surface area contributed by atoms with Crippen molar-refractivity contribution >= 4 is 5.91 Å². The predicted molar refractivity (Wildman–Crippen MR) is 75.7 cm³/mol. The largest absolute Gasteiger partial charge is 0.353 e. The second-order valence-corrected chi connectivity index (χ2v) is 5.62. The molecule has 1 aliphatic carbocycles. The minimum Gasteiger partial charge on any atom is -0.353 e. The highest BCUT2D eigenvalue weighted by Crippen LogP contribution is 2.18. The molecule has 4 heteroatoms. The van der Waals surface area contributed by atoms with E-state index in [2.05, 4.69) is 36.4 Å². The Hall–Kier alpha value is -0.610. The van der Waals surface area contributed by atoms with E-state index >= 15 is 0 Å². The van der Waals surface area contributed by atoms with E-state index in [0.29, 0.717) is 18.5 Å². The zero-order chi connectivity index (χ0) is 13.4. The van der Waals surface area contributed by atoms with Gasteiger partial charge in [-0.3, -0.25) is 4.79 Å². The van der Waals surface area contributed by atoms with E-state index in [1.807, 2.05) is 0 Å². The monoisotopic (exact) mass is 255 g/mol. The summed E-state index contributed by atoms with van der Waals surface area (Å²) in [4.78, 5) is 13.8. The maximum absolute atomic E-state index is 11.4. The van der Waals surface area contributed by atoms with Gasteiger partial charge in [0.2, 0.25) is 5.91 Å². The first-order valence-corrected chi connectivity index (χ1v) is 7.30. The van der Waals surface area contributed by atoms with E-state index in [0.717, 1.165) is 19.6 Å². The number of hydrogen-bond acceptors (Lipinski definition) is 3. The Morgan fingerprint density at radius 2 is 2.00 bits per heavy atom. The number of carbonyl (C=O) groups excluding carboxylic acids is 1. The average molecular weight is 255 g/mol. The molecule has 0 atom stereocenters. The Morgan fingerprint density at radius 3 is 2.61 bits per heavy atom. The fraction of sp³-hybridized carbons (Fsp3) is 0.929. The lowest BCUT2D eigenvalue weighted by Crippen LogP contribution is -2.30. The van der Waals surface area contributed by atoms with Crippen LogP contribution in [0.15, 0.2) is 0 Å². The molecular formula is C14H29N3O. The van der Waals surface area contributed by atoms with Crippen molar-refractivity contribution in [2.24, 2.45) is 0 Å². The third kappa shape index (κ3) is 7.67. The van der Waals surface area contributed by atoms with Gasteiger partial charge < -0.3 is 15.5 Å². The van der Waals surface area contributed by atoms with Crippen molar-refractivity contribution in [3.63, 3.8) is 0 Å². The van der Waals surface area contributed by atoms with Gasteiger partial charge >= 0.3 is 0 Å². The van der Waals surface area contributed by atoms with Crippen molar-refractivity contribution in [2.45, 2.75) is 58.0 Å². The van der Waals surface area contributed by atoms with Crippen LogP contribution in [0.3, 0.4) is 0 Å². The number of hydrogen-bond donors (Lipinski definition) is 2. The third-order valence-corrected chi connectivity index (χ3v) is 3.47. The molecule has 0 spiro atoms. The lowest BCUT2D eigenvalue weighted by Gasteiger charge is -2.20. The number of carbonyl (C=O) groups is 1. The number of rotatable bonds is 10. The molecule has 1 aliphatic rings. The summed E-state index contributed by atoms with van der Waals surface area (Å²) >= 11 is 0. The van der Waals surface area contributed by atoms with E-state index in [4.69, 9.17) is 0 Å². The van der Waals surface area contributed by atoms with Gasteiger partial charge in [0.15, 0.2) is 0 Å². The van der Waals surface area contributed by atoms with Gasteiger partial charge in [0, 0.05) is 25.0 Å². The van der Waals surface area contributed by atoms with Gasteiger partial charge in [0.1, 0.15) is 0 Å². The van der Waals surface area contributed by atoms with Crippen LogP contribution >= 0.6 is 0 Å². The van der Waals surface area contributed by atoms with Crippen LogP contribution in [0, 0.1) is 0 Å². The summed E-state index contributed by atoms with van der Waals surface area (Å²) in [6.45, 7) is 7.41. The fourth-order valence-corrected chi connectivity index (χ4v) is 1.72. The first-order chi connectivity index (χ1) is 8.59. The number of amides is 1. The van der Waals surface area contributed by atoms with Crippen molar-refractivity contribution in [1.82, 2.24) is 15.5 Å². The normalized spacial score (nSPS) is 15.4. The van der Waals surface area contributed by atoms with Gasteiger partial charge in [-0.05, 0) is 59.7 Å². The van der Waals surface area contributed by atoms with Crippen molar-refractivity contribution in [3.05, 3.63) is 0 Å². The summed E-state index contributed by atoms with van der Waals surface area (Å²) in [5.41, 5.74) is 0. The lowest BCUT2D eigenvalue weighted by molar-refractivity contribution is -0.121. The molecule has 2 N–H and O–H groups in total. The summed E-state index contributed by atoms with van der Waals surface area (Å²) in [5.74, 6) is 0.199. The number of unbranched alkanes of at least 4 members (excludes halogenated alkanes) is 1. The average Bonchev–Trinajstić information content (AvgIpc) is 3.11. The van der Waals surface area contributed by atoms with Gasteiger partial charge in [-0.15, -0.1) is 0 Å². The maximum atomic E-state index is 11.4. The molecule has 0 aromatic rings. The fourth-order valence-electron chi connectivity index (χ4n) is 1.72. The number of nitrogens with one attached hydrogen (secondary N) is 2. The molecule has 18 heavy (non-hydrogen) atoms. The van der Waals surface area contributed by atoms with E-state index in [1.54, 1.807) is 0 Å². The van der Waals surface area contributed by atoms with E-state index < -0.39 is 0 Å². The second-order valence-electron chi connectivity index (χ2n) is 5.62. The minimum atomic E-state index is 0.199. The molecule has 106 valence electrons. The van der Waals surface area contributed by atoms with E-state index in [1.165, 1.54) is 25.7 Å². The summed E-state index contributed by atoms with van der Waals surface area (Å²) in [7, 11) is 2.17. The van der Waals surface area contributed by atoms with Crippen LogP contribution in [0.5, 0.6) is 0 Å². The Kier molecular flexibility index (Phi) is 7.28. The Labute approximate surface area is 111 Å². The highest BCUT2D eigenvalue weighted by Gasteiger charge is 2.22. The quantitative estimate of drug-likeness (QED) is 0.579. The van der Waals surface area contributed by atoms with Gasteiger partial charge in [0.25, 0.3) is 0 Å². The minimum absolute atomic E-state index is 0.199. The van der Waals surface area contributed by atoms with Crippen LogP contribution in [0.4, 0.5) is 0 Å². The zero-order valence-electron chi connectivity index (χ0n) is 12.2. The van der Waals surface area contributed by atoms with Crippen LogP contribution < -0.4 is 10.6 Å². The molecule has 0 heterocycles. The molecule has 0 unspecified atom stereocenters. The Balaban J connectivity index is 1.81. The van der Waals surface area contributed by atoms with Crippen molar-refractivity contribution in [3.8, 4) is 0 Å². The highest BCUT2D eigenvalue weighted by atomic mass is 16.1. The molecule has 0 bridgehead atoms.